The Balaban J connectivity index is 1.65. The topological polar surface area (TPSA) is 66.5 Å². The molecule has 160 valence electrons. The van der Waals surface area contributed by atoms with Crippen molar-refractivity contribution >= 4 is 50.5 Å². The molecule has 1 aliphatic heterocycles. The molecule has 8 heteroatoms. The first-order chi connectivity index (χ1) is 14.7. The predicted octanol–water partition coefficient (Wildman–Crippen LogP) is 5.70. The number of halogens is 2. The van der Waals surface area contributed by atoms with Crippen molar-refractivity contribution in [2.24, 2.45) is 0 Å². The molecule has 3 aromatic rings. The number of sulfonamides is 1. The smallest absolute Gasteiger partial charge is 0.261 e. The van der Waals surface area contributed by atoms with Crippen molar-refractivity contribution in [3.8, 4) is 0 Å². The van der Waals surface area contributed by atoms with Gasteiger partial charge in [-0.05, 0) is 79.4 Å². The molecule has 0 saturated carbocycles. The van der Waals surface area contributed by atoms with Crippen molar-refractivity contribution in [1.82, 2.24) is 0 Å². The molecule has 31 heavy (non-hydrogen) atoms. The Kier molecular flexibility index (Phi) is 5.97. The van der Waals surface area contributed by atoms with E-state index in [0.717, 1.165) is 17.5 Å². The molecular weight excluding hydrogens is 455 g/mol. The van der Waals surface area contributed by atoms with E-state index < -0.39 is 10.0 Å². The van der Waals surface area contributed by atoms with Crippen LogP contribution in [0.1, 0.15) is 27.9 Å². The molecule has 0 bridgehead atoms. The highest BCUT2D eigenvalue weighted by Gasteiger charge is 2.26. The molecule has 0 radical (unpaired) electrons. The maximum absolute atomic E-state index is 13.0. The third-order valence-electron chi connectivity index (χ3n) is 5.24. The van der Waals surface area contributed by atoms with Gasteiger partial charge in [0.2, 0.25) is 0 Å². The molecule has 0 atom stereocenters. The van der Waals surface area contributed by atoms with Crippen LogP contribution in [0.25, 0.3) is 0 Å². The fraction of sp³-hybridized carbons (Fsp3) is 0.174. The highest BCUT2D eigenvalue weighted by molar-refractivity contribution is 7.92. The molecular formula is C23H20Cl2N2O3S. The van der Waals surface area contributed by atoms with Crippen LogP contribution in [0.2, 0.25) is 10.0 Å². The first-order valence-corrected chi connectivity index (χ1v) is 12.0. The van der Waals surface area contributed by atoms with Gasteiger partial charge in [-0.25, -0.2) is 8.42 Å². The van der Waals surface area contributed by atoms with Crippen molar-refractivity contribution in [2.75, 3.05) is 16.2 Å². The van der Waals surface area contributed by atoms with Gasteiger partial charge in [0, 0.05) is 27.8 Å². The van der Waals surface area contributed by atoms with Crippen LogP contribution in [0.5, 0.6) is 0 Å². The lowest BCUT2D eigenvalue weighted by molar-refractivity contribution is 0.0985. The summed E-state index contributed by atoms with van der Waals surface area (Å²) in [6, 6.07) is 16.7. The zero-order chi connectivity index (χ0) is 22.2. The minimum absolute atomic E-state index is 0.141. The Labute approximate surface area is 191 Å². The molecule has 1 N–H and O–H groups in total. The number of amides is 1. The van der Waals surface area contributed by atoms with Crippen molar-refractivity contribution in [1.29, 1.82) is 0 Å². The molecule has 0 unspecified atom stereocenters. The molecule has 1 aliphatic rings. The zero-order valence-electron chi connectivity index (χ0n) is 16.7. The van der Waals surface area contributed by atoms with Gasteiger partial charge in [-0.3, -0.25) is 9.52 Å². The van der Waals surface area contributed by atoms with Gasteiger partial charge in [0.25, 0.3) is 15.9 Å². The van der Waals surface area contributed by atoms with Crippen LogP contribution >= 0.6 is 23.2 Å². The van der Waals surface area contributed by atoms with Crippen LogP contribution in [0.3, 0.4) is 0 Å². The maximum Gasteiger partial charge on any atom is 0.261 e. The Hall–Kier alpha value is -2.54. The monoisotopic (exact) mass is 474 g/mol. The summed E-state index contributed by atoms with van der Waals surface area (Å²) in [7, 11) is -3.81. The molecule has 1 heterocycles. The van der Waals surface area contributed by atoms with Crippen molar-refractivity contribution in [3.63, 3.8) is 0 Å². The number of carbonyl (C=O) groups is 1. The standard InChI is InChI=1S/C23H20Cl2N2O3S/c1-15-7-8-19(25)14-21(15)26-31(29,30)20-9-10-22-16(13-20)5-3-11-27(22)23(28)17-4-2-6-18(24)12-17/h2,4,6-10,12-14,26H,3,5,11H2,1H3. The maximum atomic E-state index is 13.0. The third kappa shape index (κ3) is 4.56. The van der Waals surface area contributed by atoms with Crippen molar-refractivity contribution in [2.45, 2.75) is 24.7 Å². The highest BCUT2D eigenvalue weighted by atomic mass is 35.5. The number of fused-ring (bicyclic) bond motifs is 1. The lowest BCUT2D eigenvalue weighted by Gasteiger charge is -2.30. The number of carbonyl (C=O) groups excluding carboxylic acids is 1. The molecule has 3 aromatic carbocycles. The van der Waals surface area contributed by atoms with Crippen LogP contribution in [0, 0.1) is 6.92 Å². The van der Waals surface area contributed by atoms with Gasteiger partial charge < -0.3 is 4.90 Å². The van der Waals surface area contributed by atoms with Gasteiger partial charge >= 0.3 is 0 Å². The number of benzene rings is 3. The van der Waals surface area contributed by atoms with E-state index in [0.29, 0.717) is 39.9 Å². The van der Waals surface area contributed by atoms with Crippen LogP contribution < -0.4 is 9.62 Å². The second kappa shape index (κ2) is 8.54. The zero-order valence-corrected chi connectivity index (χ0v) is 19.1. The summed E-state index contributed by atoms with van der Waals surface area (Å²) in [5.74, 6) is -0.160. The molecule has 0 aliphatic carbocycles. The summed E-state index contributed by atoms with van der Waals surface area (Å²) in [5, 5.41) is 0.941. The van der Waals surface area contributed by atoms with E-state index in [1.54, 1.807) is 66.4 Å². The van der Waals surface area contributed by atoms with E-state index >= 15 is 0 Å². The predicted molar refractivity (Wildman–Crippen MR) is 125 cm³/mol. The van der Waals surface area contributed by atoms with Gasteiger partial charge in [0.05, 0.1) is 10.6 Å². The largest absolute Gasteiger partial charge is 0.308 e. The number of hydrogen-bond acceptors (Lipinski definition) is 3. The Morgan fingerprint density at radius 1 is 1.00 bits per heavy atom. The van der Waals surface area contributed by atoms with E-state index in [4.69, 9.17) is 23.2 Å². The molecule has 0 spiro atoms. The van der Waals surface area contributed by atoms with Crippen molar-refractivity contribution < 1.29 is 13.2 Å². The number of aryl methyl sites for hydroxylation is 2. The summed E-state index contributed by atoms with van der Waals surface area (Å²) < 4.78 is 28.6. The van der Waals surface area contributed by atoms with E-state index in [1.165, 1.54) is 6.07 Å². The van der Waals surface area contributed by atoms with Crippen molar-refractivity contribution in [3.05, 3.63) is 87.4 Å². The Morgan fingerprint density at radius 3 is 2.55 bits per heavy atom. The highest BCUT2D eigenvalue weighted by Crippen LogP contribution is 2.32. The second-order valence-corrected chi connectivity index (χ2v) is 9.98. The van der Waals surface area contributed by atoms with Gasteiger partial charge in [-0.1, -0.05) is 35.3 Å². The van der Waals surface area contributed by atoms with Crippen LogP contribution in [0.15, 0.2) is 65.6 Å². The first-order valence-electron chi connectivity index (χ1n) is 9.74. The van der Waals surface area contributed by atoms with E-state index in [9.17, 15) is 13.2 Å². The summed E-state index contributed by atoms with van der Waals surface area (Å²) in [4.78, 5) is 14.8. The number of hydrogen-bond donors (Lipinski definition) is 1. The Morgan fingerprint density at radius 2 is 1.77 bits per heavy atom. The summed E-state index contributed by atoms with van der Waals surface area (Å²) in [5.41, 5.74) is 3.23. The van der Waals surface area contributed by atoms with Gasteiger partial charge in [-0.15, -0.1) is 0 Å². The minimum atomic E-state index is -3.81. The second-order valence-electron chi connectivity index (χ2n) is 7.43. The van der Waals surface area contributed by atoms with Crippen LogP contribution in [-0.2, 0) is 16.4 Å². The lowest BCUT2D eigenvalue weighted by Crippen LogP contribution is -2.35. The number of rotatable bonds is 4. The number of anilines is 2. The first kappa shape index (κ1) is 21.7. The molecule has 0 aromatic heterocycles. The van der Waals surface area contributed by atoms with E-state index in [1.807, 2.05) is 0 Å². The van der Waals surface area contributed by atoms with E-state index in [2.05, 4.69) is 4.72 Å². The van der Waals surface area contributed by atoms with Gasteiger partial charge in [-0.2, -0.15) is 0 Å². The molecule has 0 saturated heterocycles. The quantitative estimate of drug-likeness (QED) is 0.527. The SMILES string of the molecule is Cc1ccc(Cl)cc1NS(=O)(=O)c1ccc2c(c1)CCCN2C(=O)c1cccc(Cl)c1. The lowest BCUT2D eigenvalue weighted by atomic mass is 10.0. The Bertz CT molecular complexity index is 1280. The number of nitrogens with one attached hydrogen (secondary N) is 1. The van der Waals surface area contributed by atoms with E-state index in [-0.39, 0.29) is 10.8 Å². The summed E-state index contributed by atoms with van der Waals surface area (Å²) in [6.07, 6.45) is 1.43. The molecule has 1 amide bonds. The normalized spacial score (nSPS) is 13.6. The van der Waals surface area contributed by atoms with Gasteiger partial charge in [0.15, 0.2) is 0 Å². The molecule has 5 nitrogen and oxygen atoms in total. The number of nitrogens with zero attached hydrogens (tertiary/aromatic N) is 1. The fourth-order valence-electron chi connectivity index (χ4n) is 3.64. The minimum Gasteiger partial charge on any atom is -0.308 e. The fourth-order valence-corrected chi connectivity index (χ4v) is 5.17. The van der Waals surface area contributed by atoms with Crippen LogP contribution in [0.4, 0.5) is 11.4 Å². The molecule has 0 fully saturated rings. The summed E-state index contributed by atoms with van der Waals surface area (Å²) in [6.45, 7) is 2.37. The average molecular weight is 475 g/mol. The average Bonchev–Trinajstić information content (AvgIpc) is 2.75. The summed E-state index contributed by atoms with van der Waals surface area (Å²) >= 11 is 12.0. The molecule has 4 rings (SSSR count). The van der Waals surface area contributed by atoms with Gasteiger partial charge in [0.1, 0.15) is 0 Å². The third-order valence-corrected chi connectivity index (χ3v) is 7.07. The van der Waals surface area contributed by atoms with Crippen LogP contribution in [-0.4, -0.2) is 20.9 Å².